The van der Waals surface area contributed by atoms with E-state index in [2.05, 4.69) is 18.3 Å². The van der Waals surface area contributed by atoms with Crippen molar-refractivity contribution in [2.24, 2.45) is 0 Å². The van der Waals surface area contributed by atoms with E-state index in [9.17, 15) is 9.59 Å². The van der Waals surface area contributed by atoms with Gasteiger partial charge in [-0.3, -0.25) is 9.59 Å². The fourth-order valence-electron chi connectivity index (χ4n) is 3.20. The lowest BCUT2D eigenvalue weighted by Crippen LogP contribution is -2.47. The van der Waals surface area contributed by atoms with Crippen molar-refractivity contribution >= 4 is 11.8 Å². The minimum atomic E-state index is -0.523. The maximum absolute atomic E-state index is 13.0. The number of unbranched alkanes of at least 4 members (excludes halogenated alkanes) is 1. The van der Waals surface area contributed by atoms with Crippen LogP contribution in [0.2, 0.25) is 0 Å². The van der Waals surface area contributed by atoms with E-state index in [1.807, 2.05) is 55.5 Å². The molecule has 0 radical (unpaired) electrons. The van der Waals surface area contributed by atoms with Gasteiger partial charge in [-0.1, -0.05) is 61.4 Å². The van der Waals surface area contributed by atoms with Crippen molar-refractivity contribution in [3.8, 4) is 5.75 Å². The minimum absolute atomic E-state index is 0.0358. The molecule has 0 bridgehead atoms. The average molecular weight is 411 g/mol. The number of aryl methyl sites for hydroxylation is 1. The van der Waals surface area contributed by atoms with E-state index in [4.69, 9.17) is 4.74 Å². The standard InChI is InChI=1S/C25H34N2O3/c1-4-5-16-26-25(29)21(3)27(19-22-12-9-11-20(2)18-22)24(28)15-10-17-30-23-13-7-6-8-14-23/h6-9,11-14,18,21H,4-5,10,15-17,19H2,1-3H3,(H,26,29). The van der Waals surface area contributed by atoms with E-state index in [-0.39, 0.29) is 11.8 Å². The third-order valence-electron chi connectivity index (χ3n) is 4.98. The van der Waals surface area contributed by atoms with E-state index in [1.165, 1.54) is 0 Å². The Morgan fingerprint density at radius 1 is 1.07 bits per heavy atom. The summed E-state index contributed by atoms with van der Waals surface area (Å²) in [6.07, 6.45) is 2.89. The van der Waals surface area contributed by atoms with Gasteiger partial charge in [0, 0.05) is 19.5 Å². The number of nitrogens with zero attached hydrogens (tertiary/aromatic N) is 1. The third-order valence-corrected chi connectivity index (χ3v) is 4.98. The first-order valence-electron chi connectivity index (χ1n) is 10.8. The van der Waals surface area contributed by atoms with Gasteiger partial charge in [0.25, 0.3) is 0 Å². The summed E-state index contributed by atoms with van der Waals surface area (Å²) >= 11 is 0. The molecular weight excluding hydrogens is 376 g/mol. The molecule has 0 aliphatic rings. The van der Waals surface area contributed by atoms with Crippen LogP contribution in [0, 0.1) is 6.92 Å². The molecule has 0 fully saturated rings. The zero-order chi connectivity index (χ0) is 21.8. The number of nitrogens with one attached hydrogen (secondary N) is 1. The normalized spacial score (nSPS) is 11.6. The van der Waals surface area contributed by atoms with Gasteiger partial charge in [0.05, 0.1) is 6.61 Å². The second-order valence-electron chi connectivity index (χ2n) is 7.60. The summed E-state index contributed by atoms with van der Waals surface area (Å²) in [4.78, 5) is 27.3. The molecule has 0 aromatic heterocycles. The number of amides is 2. The molecule has 1 N–H and O–H groups in total. The first-order chi connectivity index (χ1) is 14.5. The van der Waals surface area contributed by atoms with Crippen LogP contribution >= 0.6 is 0 Å². The molecule has 1 atom stereocenters. The van der Waals surface area contributed by atoms with Crippen molar-refractivity contribution in [2.45, 2.75) is 59.0 Å². The predicted octanol–water partition coefficient (Wildman–Crippen LogP) is 4.49. The summed E-state index contributed by atoms with van der Waals surface area (Å²) in [5.74, 6) is 0.654. The Bertz CT molecular complexity index is 792. The number of para-hydroxylation sites is 1. The van der Waals surface area contributed by atoms with Crippen LogP contribution in [0.25, 0.3) is 0 Å². The number of carbonyl (C=O) groups excluding carboxylic acids is 2. The maximum Gasteiger partial charge on any atom is 0.242 e. The lowest BCUT2D eigenvalue weighted by molar-refractivity contribution is -0.140. The largest absolute Gasteiger partial charge is 0.494 e. The fourth-order valence-corrected chi connectivity index (χ4v) is 3.20. The van der Waals surface area contributed by atoms with Crippen molar-refractivity contribution in [1.82, 2.24) is 10.2 Å². The van der Waals surface area contributed by atoms with Crippen LogP contribution in [0.5, 0.6) is 5.75 Å². The lowest BCUT2D eigenvalue weighted by Gasteiger charge is -2.29. The van der Waals surface area contributed by atoms with Crippen molar-refractivity contribution in [3.05, 3.63) is 65.7 Å². The van der Waals surface area contributed by atoms with Crippen LogP contribution in [-0.4, -0.2) is 35.9 Å². The van der Waals surface area contributed by atoms with Gasteiger partial charge in [-0.2, -0.15) is 0 Å². The summed E-state index contributed by atoms with van der Waals surface area (Å²) in [6.45, 7) is 7.43. The van der Waals surface area contributed by atoms with Crippen molar-refractivity contribution in [1.29, 1.82) is 0 Å². The van der Waals surface area contributed by atoms with E-state index < -0.39 is 6.04 Å². The predicted molar refractivity (Wildman–Crippen MR) is 120 cm³/mol. The molecule has 0 spiro atoms. The van der Waals surface area contributed by atoms with Crippen LogP contribution < -0.4 is 10.1 Å². The van der Waals surface area contributed by atoms with Gasteiger partial charge in [0.1, 0.15) is 11.8 Å². The highest BCUT2D eigenvalue weighted by Crippen LogP contribution is 2.14. The lowest BCUT2D eigenvalue weighted by atomic mass is 10.1. The van der Waals surface area contributed by atoms with Gasteiger partial charge in [-0.25, -0.2) is 0 Å². The molecule has 2 aromatic carbocycles. The highest BCUT2D eigenvalue weighted by molar-refractivity contribution is 5.87. The molecule has 2 aromatic rings. The molecule has 0 heterocycles. The van der Waals surface area contributed by atoms with Gasteiger partial charge in [-0.15, -0.1) is 0 Å². The number of ether oxygens (including phenoxy) is 1. The molecule has 162 valence electrons. The van der Waals surface area contributed by atoms with E-state index in [1.54, 1.807) is 11.8 Å². The summed E-state index contributed by atoms with van der Waals surface area (Å²) in [6, 6.07) is 17.1. The Morgan fingerprint density at radius 2 is 1.83 bits per heavy atom. The molecule has 5 heteroatoms. The van der Waals surface area contributed by atoms with Gasteiger partial charge >= 0.3 is 0 Å². The van der Waals surface area contributed by atoms with Gasteiger partial charge in [-0.05, 0) is 44.4 Å². The Kier molecular flexibility index (Phi) is 9.92. The van der Waals surface area contributed by atoms with Gasteiger partial charge in [0.15, 0.2) is 0 Å². The van der Waals surface area contributed by atoms with Crippen molar-refractivity contribution in [3.63, 3.8) is 0 Å². The molecule has 2 rings (SSSR count). The number of carbonyl (C=O) groups is 2. The van der Waals surface area contributed by atoms with Crippen LogP contribution in [0.15, 0.2) is 54.6 Å². The Hall–Kier alpha value is -2.82. The minimum Gasteiger partial charge on any atom is -0.494 e. The topological polar surface area (TPSA) is 58.6 Å². The van der Waals surface area contributed by atoms with Gasteiger partial charge < -0.3 is 15.0 Å². The molecule has 0 saturated heterocycles. The number of rotatable bonds is 12. The van der Waals surface area contributed by atoms with Crippen LogP contribution in [-0.2, 0) is 16.1 Å². The first-order valence-corrected chi connectivity index (χ1v) is 10.8. The van der Waals surface area contributed by atoms with E-state index >= 15 is 0 Å². The first kappa shape index (κ1) is 23.5. The Labute approximate surface area is 180 Å². The van der Waals surface area contributed by atoms with Crippen LogP contribution in [0.1, 0.15) is 50.7 Å². The molecular formula is C25H34N2O3. The average Bonchev–Trinajstić information content (AvgIpc) is 2.75. The molecule has 0 aliphatic carbocycles. The smallest absolute Gasteiger partial charge is 0.242 e. The molecule has 30 heavy (non-hydrogen) atoms. The highest BCUT2D eigenvalue weighted by Gasteiger charge is 2.25. The van der Waals surface area contributed by atoms with Crippen LogP contribution in [0.4, 0.5) is 0 Å². The quantitative estimate of drug-likeness (QED) is 0.525. The molecule has 0 saturated carbocycles. The summed E-state index contributed by atoms with van der Waals surface area (Å²) in [7, 11) is 0. The monoisotopic (exact) mass is 410 g/mol. The Morgan fingerprint density at radius 3 is 2.53 bits per heavy atom. The highest BCUT2D eigenvalue weighted by atomic mass is 16.5. The fraction of sp³-hybridized carbons (Fsp3) is 0.440. The number of hydrogen-bond donors (Lipinski definition) is 1. The summed E-state index contributed by atoms with van der Waals surface area (Å²) in [5, 5.41) is 2.95. The molecule has 2 amide bonds. The van der Waals surface area contributed by atoms with Gasteiger partial charge in [0.2, 0.25) is 11.8 Å². The summed E-state index contributed by atoms with van der Waals surface area (Å²) < 4.78 is 5.69. The third kappa shape index (κ3) is 7.90. The Balaban J connectivity index is 1.97. The zero-order valence-corrected chi connectivity index (χ0v) is 18.4. The summed E-state index contributed by atoms with van der Waals surface area (Å²) in [5.41, 5.74) is 2.16. The van der Waals surface area contributed by atoms with Crippen molar-refractivity contribution < 1.29 is 14.3 Å². The molecule has 0 aliphatic heterocycles. The number of benzene rings is 2. The van der Waals surface area contributed by atoms with E-state index in [0.29, 0.717) is 32.5 Å². The number of hydrogen-bond acceptors (Lipinski definition) is 3. The maximum atomic E-state index is 13.0. The SMILES string of the molecule is CCCCNC(=O)C(C)N(Cc1cccc(C)c1)C(=O)CCCOc1ccccc1. The molecule has 1 unspecified atom stereocenters. The second kappa shape index (κ2) is 12.7. The molecule has 5 nitrogen and oxygen atoms in total. The second-order valence-corrected chi connectivity index (χ2v) is 7.60. The van der Waals surface area contributed by atoms with Crippen molar-refractivity contribution in [2.75, 3.05) is 13.2 Å². The zero-order valence-electron chi connectivity index (χ0n) is 18.4. The van der Waals surface area contributed by atoms with Crippen LogP contribution in [0.3, 0.4) is 0 Å². The van der Waals surface area contributed by atoms with E-state index in [0.717, 1.165) is 29.7 Å².